The van der Waals surface area contributed by atoms with Gasteiger partial charge in [-0.15, -0.1) is 0 Å². The van der Waals surface area contributed by atoms with Gasteiger partial charge in [-0.3, -0.25) is 4.79 Å². The third-order valence-electron chi connectivity index (χ3n) is 4.22. The first-order chi connectivity index (χ1) is 11.9. The maximum Gasteiger partial charge on any atom is 0.407 e. The molecule has 0 aliphatic rings. The van der Waals surface area contributed by atoms with Gasteiger partial charge >= 0.3 is 12.1 Å². The summed E-state index contributed by atoms with van der Waals surface area (Å²) in [6.45, 7) is 6.73. The van der Waals surface area contributed by atoms with E-state index in [4.69, 9.17) is 4.74 Å². The van der Waals surface area contributed by atoms with Crippen LogP contribution in [-0.4, -0.2) is 23.7 Å². The molecule has 5 nitrogen and oxygen atoms in total. The van der Waals surface area contributed by atoms with E-state index < -0.39 is 18.0 Å². The van der Waals surface area contributed by atoms with Crippen molar-refractivity contribution in [1.29, 1.82) is 0 Å². The summed E-state index contributed by atoms with van der Waals surface area (Å²) < 4.78 is 5.11. The highest BCUT2D eigenvalue weighted by molar-refractivity contribution is 5.72. The Kier molecular flexibility index (Phi) is 9.66. The highest BCUT2D eigenvalue weighted by Crippen LogP contribution is 2.19. The molecule has 1 aromatic carbocycles. The van der Waals surface area contributed by atoms with Crippen LogP contribution in [0.1, 0.15) is 52.0 Å². The van der Waals surface area contributed by atoms with Crippen molar-refractivity contribution in [3.8, 4) is 0 Å². The Bertz CT molecular complexity index is 516. The molecule has 0 spiro atoms. The van der Waals surface area contributed by atoms with Gasteiger partial charge in [-0.25, -0.2) is 4.79 Å². The molecule has 0 radical (unpaired) electrons. The standard InChI is InChI=1S/C20H31NO4/c1-15(2)8-7-9-16(3)12-18(19(22)23)13-21-20(24)25-14-17-10-5-4-6-11-17/h4-6,10-11,15-16,18H,7-9,12-14H2,1-3H3,(H,21,24)(H,22,23)/t16-,18-/m1/s1. The summed E-state index contributed by atoms with van der Waals surface area (Å²) in [5, 5.41) is 11.9. The SMILES string of the molecule is CC(C)CCC[C@@H](C)C[C@H](CNC(=O)OCc1ccccc1)C(=O)O. The third kappa shape index (κ3) is 9.75. The minimum absolute atomic E-state index is 0.0947. The summed E-state index contributed by atoms with van der Waals surface area (Å²) in [7, 11) is 0. The molecular formula is C20H31NO4. The van der Waals surface area contributed by atoms with Crippen LogP contribution < -0.4 is 5.32 Å². The van der Waals surface area contributed by atoms with E-state index in [2.05, 4.69) is 26.1 Å². The minimum Gasteiger partial charge on any atom is -0.481 e. The largest absolute Gasteiger partial charge is 0.481 e. The number of carbonyl (C=O) groups is 2. The second-order valence-corrected chi connectivity index (χ2v) is 7.14. The van der Waals surface area contributed by atoms with Crippen molar-refractivity contribution < 1.29 is 19.4 Å². The van der Waals surface area contributed by atoms with Gasteiger partial charge in [0.05, 0.1) is 5.92 Å². The molecule has 0 saturated carbocycles. The van der Waals surface area contributed by atoms with E-state index in [0.29, 0.717) is 18.3 Å². The monoisotopic (exact) mass is 349 g/mol. The predicted octanol–water partition coefficient (Wildman–Crippen LogP) is 4.47. The van der Waals surface area contributed by atoms with E-state index in [1.54, 1.807) is 0 Å². The molecule has 0 aliphatic carbocycles. The molecule has 25 heavy (non-hydrogen) atoms. The number of amides is 1. The van der Waals surface area contributed by atoms with E-state index >= 15 is 0 Å². The van der Waals surface area contributed by atoms with Gasteiger partial charge in [-0.2, -0.15) is 0 Å². The van der Waals surface area contributed by atoms with E-state index in [1.165, 1.54) is 0 Å². The number of carbonyl (C=O) groups excluding carboxylic acids is 1. The maximum atomic E-state index is 11.7. The maximum absolute atomic E-state index is 11.7. The lowest BCUT2D eigenvalue weighted by Crippen LogP contribution is -2.34. The molecule has 5 heteroatoms. The number of rotatable bonds is 11. The van der Waals surface area contributed by atoms with Crippen molar-refractivity contribution >= 4 is 12.1 Å². The summed E-state index contributed by atoms with van der Waals surface area (Å²) in [5.74, 6) is -0.470. The van der Waals surface area contributed by atoms with Crippen LogP contribution in [-0.2, 0) is 16.1 Å². The Balaban J connectivity index is 2.31. The van der Waals surface area contributed by atoms with Crippen LogP contribution in [0.4, 0.5) is 4.79 Å². The second kappa shape index (κ2) is 11.5. The molecular weight excluding hydrogens is 318 g/mol. The first kappa shape index (κ1) is 21.0. The number of ether oxygens (including phenoxy) is 1. The zero-order valence-electron chi connectivity index (χ0n) is 15.5. The summed E-state index contributed by atoms with van der Waals surface area (Å²) in [6.07, 6.45) is 3.26. The van der Waals surface area contributed by atoms with Crippen LogP contribution in [0.5, 0.6) is 0 Å². The minimum atomic E-state index is -0.876. The first-order valence-corrected chi connectivity index (χ1v) is 9.05. The van der Waals surface area contributed by atoms with Crippen LogP contribution in [0.15, 0.2) is 30.3 Å². The summed E-state index contributed by atoms with van der Waals surface area (Å²) in [5.41, 5.74) is 0.895. The first-order valence-electron chi connectivity index (χ1n) is 9.05. The number of nitrogens with one attached hydrogen (secondary N) is 1. The second-order valence-electron chi connectivity index (χ2n) is 7.14. The topological polar surface area (TPSA) is 75.6 Å². The van der Waals surface area contributed by atoms with Crippen LogP contribution in [0, 0.1) is 17.8 Å². The molecule has 1 amide bonds. The number of carboxylic acid groups (broad SMARTS) is 1. The van der Waals surface area contributed by atoms with Gasteiger partial charge in [-0.05, 0) is 23.8 Å². The van der Waals surface area contributed by atoms with Crippen molar-refractivity contribution in [2.75, 3.05) is 6.54 Å². The van der Waals surface area contributed by atoms with Crippen molar-refractivity contribution in [1.82, 2.24) is 5.32 Å². The molecule has 1 aromatic rings. The van der Waals surface area contributed by atoms with Gasteiger partial charge in [-0.1, -0.05) is 70.4 Å². The summed E-state index contributed by atoms with van der Waals surface area (Å²) in [6, 6.07) is 9.37. The van der Waals surface area contributed by atoms with Gasteiger partial charge < -0.3 is 15.2 Å². The van der Waals surface area contributed by atoms with E-state index in [9.17, 15) is 14.7 Å². The van der Waals surface area contributed by atoms with E-state index in [0.717, 1.165) is 24.8 Å². The van der Waals surface area contributed by atoms with E-state index in [1.807, 2.05) is 30.3 Å². The fourth-order valence-electron chi connectivity index (χ4n) is 2.73. The lowest BCUT2D eigenvalue weighted by Gasteiger charge is -2.18. The molecule has 0 heterocycles. The van der Waals surface area contributed by atoms with Gasteiger partial charge in [0.25, 0.3) is 0 Å². The van der Waals surface area contributed by atoms with Crippen LogP contribution in [0.25, 0.3) is 0 Å². The van der Waals surface area contributed by atoms with E-state index in [-0.39, 0.29) is 13.2 Å². The van der Waals surface area contributed by atoms with Gasteiger partial charge in [0.2, 0.25) is 0 Å². The van der Waals surface area contributed by atoms with Crippen LogP contribution >= 0.6 is 0 Å². The molecule has 0 unspecified atom stereocenters. The zero-order valence-corrected chi connectivity index (χ0v) is 15.5. The smallest absolute Gasteiger partial charge is 0.407 e. The average molecular weight is 349 g/mol. The number of alkyl carbamates (subject to hydrolysis) is 1. The average Bonchev–Trinajstić information content (AvgIpc) is 2.57. The van der Waals surface area contributed by atoms with Gasteiger partial charge in [0.1, 0.15) is 6.61 Å². The molecule has 2 atom stereocenters. The Morgan fingerprint density at radius 1 is 1.12 bits per heavy atom. The van der Waals surface area contributed by atoms with Crippen molar-refractivity contribution in [2.45, 2.75) is 53.1 Å². The van der Waals surface area contributed by atoms with Crippen molar-refractivity contribution in [2.24, 2.45) is 17.8 Å². The highest BCUT2D eigenvalue weighted by atomic mass is 16.5. The van der Waals surface area contributed by atoms with Gasteiger partial charge in [0, 0.05) is 6.54 Å². The van der Waals surface area contributed by atoms with Crippen LogP contribution in [0.2, 0.25) is 0 Å². The molecule has 0 aromatic heterocycles. The Morgan fingerprint density at radius 3 is 2.40 bits per heavy atom. The Hall–Kier alpha value is -2.04. The highest BCUT2D eigenvalue weighted by Gasteiger charge is 2.21. The molecule has 1 rings (SSSR count). The number of benzene rings is 1. The fraction of sp³-hybridized carbons (Fsp3) is 0.600. The number of aliphatic carboxylic acids is 1. The summed E-state index contributed by atoms with van der Waals surface area (Å²) >= 11 is 0. The lowest BCUT2D eigenvalue weighted by molar-refractivity contribution is -0.142. The van der Waals surface area contributed by atoms with Crippen molar-refractivity contribution in [3.63, 3.8) is 0 Å². The molecule has 0 saturated heterocycles. The molecule has 140 valence electrons. The number of carboxylic acids is 1. The van der Waals surface area contributed by atoms with Gasteiger partial charge in [0.15, 0.2) is 0 Å². The summed E-state index contributed by atoms with van der Waals surface area (Å²) in [4.78, 5) is 23.2. The molecule has 0 aliphatic heterocycles. The number of hydrogen-bond donors (Lipinski definition) is 2. The third-order valence-corrected chi connectivity index (χ3v) is 4.22. The Labute approximate surface area is 150 Å². The molecule has 2 N–H and O–H groups in total. The van der Waals surface area contributed by atoms with Crippen molar-refractivity contribution in [3.05, 3.63) is 35.9 Å². The van der Waals surface area contributed by atoms with Crippen LogP contribution in [0.3, 0.4) is 0 Å². The predicted molar refractivity (Wildman–Crippen MR) is 98.2 cm³/mol. The fourth-order valence-corrected chi connectivity index (χ4v) is 2.73. The number of hydrogen-bond acceptors (Lipinski definition) is 3. The lowest BCUT2D eigenvalue weighted by atomic mass is 9.91. The Morgan fingerprint density at radius 2 is 1.80 bits per heavy atom. The molecule has 0 fully saturated rings. The zero-order chi connectivity index (χ0) is 18.7. The quantitative estimate of drug-likeness (QED) is 0.618. The molecule has 0 bridgehead atoms. The normalized spacial score (nSPS) is 13.3.